The molecule has 0 atom stereocenters. The number of hydrogen-bond acceptors (Lipinski definition) is 7. The van der Waals surface area contributed by atoms with Crippen molar-refractivity contribution in [3.63, 3.8) is 0 Å². The summed E-state index contributed by atoms with van der Waals surface area (Å²) in [6.45, 7) is 2.61. The molecule has 1 amide bonds. The molecule has 1 aromatic heterocycles. The average molecular weight is 360 g/mol. The first-order valence-electron chi connectivity index (χ1n) is 9.43. The lowest BCUT2D eigenvalue weighted by Gasteiger charge is -2.36. The molecule has 3 fully saturated rings. The average Bonchev–Trinajstić information content (AvgIpc) is 3.30. The van der Waals surface area contributed by atoms with E-state index in [4.69, 9.17) is 0 Å². The van der Waals surface area contributed by atoms with Crippen LogP contribution in [0.2, 0.25) is 0 Å². The normalized spacial score (nSPS) is 21.1. The van der Waals surface area contributed by atoms with Crippen LogP contribution in [0, 0.1) is 16.0 Å². The van der Waals surface area contributed by atoms with E-state index in [0.717, 1.165) is 38.5 Å². The molecule has 0 unspecified atom stereocenters. The van der Waals surface area contributed by atoms with Gasteiger partial charge in [-0.05, 0) is 25.7 Å². The number of nitrogens with one attached hydrogen (secondary N) is 1. The van der Waals surface area contributed by atoms with E-state index in [1.807, 2.05) is 9.80 Å². The van der Waals surface area contributed by atoms with Crippen LogP contribution in [0.1, 0.15) is 38.5 Å². The van der Waals surface area contributed by atoms with Gasteiger partial charge >= 0.3 is 5.69 Å². The predicted molar refractivity (Wildman–Crippen MR) is 96.1 cm³/mol. The summed E-state index contributed by atoms with van der Waals surface area (Å²) < 4.78 is 0. The predicted octanol–water partition coefficient (Wildman–Crippen LogP) is 1.80. The van der Waals surface area contributed by atoms with E-state index in [2.05, 4.69) is 15.3 Å². The van der Waals surface area contributed by atoms with E-state index in [1.54, 1.807) is 0 Å². The van der Waals surface area contributed by atoms with Crippen LogP contribution in [-0.4, -0.2) is 57.9 Å². The van der Waals surface area contributed by atoms with E-state index in [-0.39, 0.29) is 23.6 Å². The minimum atomic E-state index is -0.452. The fraction of sp³-hybridized carbons (Fsp3) is 0.706. The smallest absolute Gasteiger partial charge is 0.329 e. The van der Waals surface area contributed by atoms with Crippen molar-refractivity contribution in [2.75, 3.05) is 36.4 Å². The summed E-state index contributed by atoms with van der Waals surface area (Å²) in [4.78, 5) is 35.8. The second kappa shape index (κ2) is 7.05. The van der Waals surface area contributed by atoms with Crippen molar-refractivity contribution in [3.05, 3.63) is 16.3 Å². The number of hydrogen-bond donors (Lipinski definition) is 1. The van der Waals surface area contributed by atoms with Gasteiger partial charge in [0.05, 0.1) is 4.92 Å². The number of carbonyl (C=O) groups is 1. The standard InChI is InChI=1S/C17H24N6O3/c24-16(12-3-1-2-4-12)21-7-9-22(10-8-21)17-18-11-14(23(25)26)15(20-17)19-13-5-6-13/h11-13H,1-10H2,(H,18,19,20). The molecule has 0 radical (unpaired) electrons. The van der Waals surface area contributed by atoms with Gasteiger partial charge in [0.25, 0.3) is 0 Å². The molecule has 2 heterocycles. The number of nitro groups is 1. The van der Waals surface area contributed by atoms with E-state index in [0.29, 0.717) is 37.9 Å². The van der Waals surface area contributed by atoms with Gasteiger partial charge in [-0.2, -0.15) is 4.98 Å². The SMILES string of the molecule is O=C(C1CCCC1)N1CCN(c2ncc([N+](=O)[O-])c(NC3CC3)n2)CC1. The molecule has 3 aliphatic rings. The van der Waals surface area contributed by atoms with Gasteiger partial charge in [0, 0.05) is 38.1 Å². The second-order valence-corrected chi connectivity index (χ2v) is 7.37. The topological polar surface area (TPSA) is 104 Å². The lowest BCUT2D eigenvalue weighted by atomic mass is 10.1. The summed E-state index contributed by atoms with van der Waals surface area (Å²) in [7, 11) is 0. The Bertz CT molecular complexity index is 694. The third kappa shape index (κ3) is 3.56. The van der Waals surface area contributed by atoms with Crippen LogP contribution >= 0.6 is 0 Å². The van der Waals surface area contributed by atoms with Gasteiger partial charge in [-0.1, -0.05) is 12.8 Å². The van der Waals surface area contributed by atoms with Gasteiger partial charge in [0.15, 0.2) is 0 Å². The van der Waals surface area contributed by atoms with Gasteiger partial charge in [0.2, 0.25) is 17.7 Å². The van der Waals surface area contributed by atoms with Crippen LogP contribution in [0.3, 0.4) is 0 Å². The van der Waals surface area contributed by atoms with Crippen LogP contribution < -0.4 is 10.2 Å². The van der Waals surface area contributed by atoms with Crippen molar-refractivity contribution in [2.24, 2.45) is 5.92 Å². The molecule has 0 spiro atoms. The molecule has 2 aliphatic carbocycles. The Morgan fingerprint density at radius 3 is 2.46 bits per heavy atom. The molecule has 9 nitrogen and oxygen atoms in total. The highest BCUT2D eigenvalue weighted by Crippen LogP contribution is 2.31. The molecule has 2 saturated carbocycles. The van der Waals surface area contributed by atoms with Crippen molar-refractivity contribution in [3.8, 4) is 0 Å². The van der Waals surface area contributed by atoms with Crippen molar-refractivity contribution in [1.82, 2.24) is 14.9 Å². The summed E-state index contributed by atoms with van der Waals surface area (Å²) in [6.07, 6.45) is 7.65. The molecule has 1 aromatic rings. The van der Waals surface area contributed by atoms with E-state index in [9.17, 15) is 14.9 Å². The summed E-state index contributed by atoms with van der Waals surface area (Å²) in [5.74, 6) is 1.27. The third-order valence-corrected chi connectivity index (χ3v) is 5.45. The first-order chi connectivity index (χ1) is 12.6. The zero-order chi connectivity index (χ0) is 18.1. The summed E-state index contributed by atoms with van der Waals surface area (Å²) in [5.41, 5.74) is -0.0873. The van der Waals surface area contributed by atoms with Crippen molar-refractivity contribution in [2.45, 2.75) is 44.6 Å². The summed E-state index contributed by atoms with van der Waals surface area (Å²) >= 11 is 0. The van der Waals surface area contributed by atoms with Gasteiger partial charge in [-0.25, -0.2) is 4.98 Å². The maximum atomic E-state index is 12.5. The fourth-order valence-corrected chi connectivity index (χ4v) is 3.74. The molecule has 26 heavy (non-hydrogen) atoms. The summed E-state index contributed by atoms with van der Waals surface area (Å²) in [6, 6.07) is 0.275. The highest BCUT2D eigenvalue weighted by molar-refractivity contribution is 5.79. The third-order valence-electron chi connectivity index (χ3n) is 5.45. The Morgan fingerprint density at radius 2 is 1.85 bits per heavy atom. The van der Waals surface area contributed by atoms with Crippen LogP contribution in [0.5, 0.6) is 0 Å². The van der Waals surface area contributed by atoms with E-state index >= 15 is 0 Å². The number of carbonyl (C=O) groups excluding carboxylic acids is 1. The maximum absolute atomic E-state index is 12.5. The number of rotatable bonds is 5. The largest absolute Gasteiger partial charge is 0.361 e. The summed E-state index contributed by atoms with van der Waals surface area (Å²) in [5, 5.41) is 14.3. The molecule has 1 aliphatic heterocycles. The Labute approximate surface area is 151 Å². The van der Waals surface area contributed by atoms with Crippen LogP contribution in [0.15, 0.2) is 6.20 Å². The first kappa shape index (κ1) is 17.0. The number of amides is 1. The zero-order valence-corrected chi connectivity index (χ0v) is 14.8. The highest BCUT2D eigenvalue weighted by Gasteiger charge is 2.31. The van der Waals surface area contributed by atoms with Gasteiger partial charge in [-0.3, -0.25) is 14.9 Å². The lowest BCUT2D eigenvalue weighted by molar-refractivity contribution is -0.384. The lowest BCUT2D eigenvalue weighted by Crippen LogP contribution is -2.50. The number of aromatic nitrogens is 2. The Balaban J connectivity index is 1.42. The molecule has 4 rings (SSSR count). The van der Waals surface area contributed by atoms with Crippen molar-refractivity contribution < 1.29 is 9.72 Å². The van der Waals surface area contributed by atoms with Crippen molar-refractivity contribution >= 4 is 23.4 Å². The van der Waals surface area contributed by atoms with Crippen molar-refractivity contribution in [1.29, 1.82) is 0 Å². The molecule has 1 N–H and O–H groups in total. The van der Waals surface area contributed by atoms with E-state index < -0.39 is 4.92 Å². The van der Waals surface area contributed by atoms with Gasteiger partial charge in [0.1, 0.15) is 6.20 Å². The first-order valence-corrected chi connectivity index (χ1v) is 9.43. The molecular weight excluding hydrogens is 336 g/mol. The Hall–Kier alpha value is -2.45. The molecule has 0 aromatic carbocycles. The van der Waals surface area contributed by atoms with Crippen LogP contribution in [-0.2, 0) is 4.79 Å². The minimum absolute atomic E-state index is 0.0873. The maximum Gasteiger partial charge on any atom is 0.329 e. The monoisotopic (exact) mass is 360 g/mol. The Morgan fingerprint density at radius 1 is 1.15 bits per heavy atom. The number of nitrogens with zero attached hydrogens (tertiary/aromatic N) is 5. The number of anilines is 2. The Kier molecular flexibility index (Phi) is 4.60. The fourth-order valence-electron chi connectivity index (χ4n) is 3.74. The molecule has 140 valence electrons. The van der Waals surface area contributed by atoms with Crippen LogP contribution in [0.25, 0.3) is 0 Å². The van der Waals surface area contributed by atoms with Gasteiger partial charge in [-0.15, -0.1) is 0 Å². The molecule has 0 bridgehead atoms. The van der Waals surface area contributed by atoms with E-state index in [1.165, 1.54) is 6.20 Å². The van der Waals surface area contributed by atoms with Gasteiger partial charge < -0.3 is 15.1 Å². The minimum Gasteiger partial charge on any atom is -0.361 e. The van der Waals surface area contributed by atoms with Crippen LogP contribution in [0.4, 0.5) is 17.5 Å². The molecular formula is C17H24N6O3. The highest BCUT2D eigenvalue weighted by atomic mass is 16.6. The zero-order valence-electron chi connectivity index (χ0n) is 14.8. The number of piperazine rings is 1. The molecule has 9 heteroatoms. The quantitative estimate of drug-likeness (QED) is 0.630. The molecule has 1 saturated heterocycles. The second-order valence-electron chi connectivity index (χ2n) is 7.37.